The van der Waals surface area contributed by atoms with Gasteiger partial charge in [0.05, 0.1) is 17.5 Å². The van der Waals surface area contributed by atoms with E-state index < -0.39 is 9.84 Å². The molecule has 21 heavy (non-hydrogen) atoms. The summed E-state index contributed by atoms with van der Waals surface area (Å²) in [7, 11) is -3.01. The van der Waals surface area contributed by atoms with Crippen molar-refractivity contribution in [2.75, 3.05) is 18.1 Å². The van der Waals surface area contributed by atoms with E-state index >= 15 is 0 Å². The van der Waals surface area contributed by atoms with Crippen LogP contribution in [-0.2, 0) is 14.6 Å². The second-order valence-electron chi connectivity index (χ2n) is 5.67. The van der Waals surface area contributed by atoms with E-state index in [1.165, 1.54) is 0 Å². The number of hydrogen-bond donors (Lipinski definition) is 2. The van der Waals surface area contributed by atoms with Crippen molar-refractivity contribution < 1.29 is 13.2 Å². The Kier molecular flexibility index (Phi) is 5.00. The molecule has 1 aromatic carbocycles. The van der Waals surface area contributed by atoms with Crippen LogP contribution < -0.4 is 10.6 Å². The highest BCUT2D eigenvalue weighted by Gasteiger charge is 2.26. The predicted molar refractivity (Wildman–Crippen MR) is 82.8 cm³/mol. The van der Waals surface area contributed by atoms with E-state index in [-0.39, 0.29) is 35.9 Å². The Labute approximate surface area is 126 Å². The van der Waals surface area contributed by atoms with Crippen molar-refractivity contribution in [2.24, 2.45) is 0 Å². The highest BCUT2D eigenvalue weighted by molar-refractivity contribution is 7.91. The largest absolute Gasteiger partial charge is 0.350 e. The van der Waals surface area contributed by atoms with Crippen molar-refractivity contribution in [3.05, 3.63) is 35.4 Å². The lowest BCUT2D eigenvalue weighted by Crippen LogP contribution is -2.47. The molecule has 0 bridgehead atoms. The zero-order valence-electron chi connectivity index (χ0n) is 12.4. The van der Waals surface area contributed by atoms with E-state index in [9.17, 15) is 13.2 Å². The van der Waals surface area contributed by atoms with Gasteiger partial charge in [-0.2, -0.15) is 0 Å². The minimum atomic E-state index is -3.01. The predicted octanol–water partition coefficient (Wildman–Crippen LogP) is 0.949. The summed E-state index contributed by atoms with van der Waals surface area (Å²) in [5.41, 5.74) is 2.20. The van der Waals surface area contributed by atoms with Crippen molar-refractivity contribution >= 4 is 15.7 Å². The van der Waals surface area contributed by atoms with Gasteiger partial charge in [-0.15, -0.1) is 0 Å². The molecule has 0 aromatic heterocycles. The van der Waals surface area contributed by atoms with Gasteiger partial charge in [-0.05, 0) is 19.4 Å². The molecule has 1 aliphatic rings. The number of aryl methyl sites for hydroxylation is 1. The van der Waals surface area contributed by atoms with Gasteiger partial charge in [0.25, 0.3) is 0 Å². The molecule has 0 saturated carbocycles. The van der Waals surface area contributed by atoms with Crippen LogP contribution in [0.15, 0.2) is 24.3 Å². The van der Waals surface area contributed by atoms with Crippen LogP contribution in [0.1, 0.15) is 30.5 Å². The smallest absolute Gasteiger partial charge is 0.222 e. The summed E-state index contributed by atoms with van der Waals surface area (Å²) in [6, 6.07) is 7.61. The Hall–Kier alpha value is -1.40. The molecule has 1 aromatic rings. The summed E-state index contributed by atoms with van der Waals surface area (Å²) in [5.74, 6) is 0.0722. The molecule has 1 aliphatic heterocycles. The molecule has 2 atom stereocenters. The SMILES string of the molecule is Cc1cccc([C@@H](C)NC(=O)CC2CS(=O)(=O)CCN2)c1. The lowest BCUT2D eigenvalue weighted by molar-refractivity contribution is -0.122. The maximum Gasteiger partial charge on any atom is 0.222 e. The van der Waals surface area contributed by atoms with Crippen LogP contribution in [-0.4, -0.2) is 38.4 Å². The van der Waals surface area contributed by atoms with Crippen molar-refractivity contribution in [3.63, 3.8) is 0 Å². The molecule has 1 amide bonds. The Bertz CT molecular complexity index is 613. The van der Waals surface area contributed by atoms with Crippen LogP contribution in [0.2, 0.25) is 0 Å². The van der Waals surface area contributed by atoms with Crippen molar-refractivity contribution in [1.82, 2.24) is 10.6 Å². The number of sulfone groups is 1. The van der Waals surface area contributed by atoms with Gasteiger partial charge >= 0.3 is 0 Å². The molecule has 1 heterocycles. The van der Waals surface area contributed by atoms with Gasteiger partial charge in [-0.3, -0.25) is 4.79 Å². The topological polar surface area (TPSA) is 75.3 Å². The highest BCUT2D eigenvalue weighted by Crippen LogP contribution is 2.14. The van der Waals surface area contributed by atoms with Crippen LogP contribution in [0.4, 0.5) is 0 Å². The first-order chi connectivity index (χ1) is 9.85. The second-order valence-corrected chi connectivity index (χ2v) is 7.90. The Morgan fingerprint density at radius 2 is 2.24 bits per heavy atom. The van der Waals surface area contributed by atoms with Crippen molar-refractivity contribution in [1.29, 1.82) is 0 Å². The van der Waals surface area contributed by atoms with E-state index in [0.29, 0.717) is 6.54 Å². The van der Waals surface area contributed by atoms with Gasteiger partial charge in [-0.25, -0.2) is 8.42 Å². The third-order valence-electron chi connectivity index (χ3n) is 3.65. The van der Waals surface area contributed by atoms with E-state index in [0.717, 1.165) is 11.1 Å². The van der Waals surface area contributed by atoms with Gasteiger partial charge in [0.2, 0.25) is 5.91 Å². The number of hydrogen-bond acceptors (Lipinski definition) is 4. The lowest BCUT2D eigenvalue weighted by atomic mass is 10.1. The molecular weight excluding hydrogens is 288 g/mol. The fourth-order valence-corrected chi connectivity index (χ4v) is 3.99. The number of nitrogens with one attached hydrogen (secondary N) is 2. The van der Waals surface area contributed by atoms with E-state index in [1.807, 2.05) is 38.1 Å². The first-order valence-corrected chi connectivity index (χ1v) is 8.97. The maximum atomic E-state index is 12.0. The molecule has 5 nitrogen and oxygen atoms in total. The zero-order valence-corrected chi connectivity index (χ0v) is 13.2. The molecule has 2 N–H and O–H groups in total. The van der Waals surface area contributed by atoms with Crippen LogP contribution in [0.5, 0.6) is 0 Å². The summed E-state index contributed by atoms with van der Waals surface area (Å²) in [4.78, 5) is 12.0. The number of amides is 1. The molecule has 1 saturated heterocycles. The van der Waals surface area contributed by atoms with Crippen LogP contribution >= 0.6 is 0 Å². The normalized spacial score (nSPS) is 22.5. The summed E-state index contributed by atoms with van der Waals surface area (Å²) < 4.78 is 23.1. The zero-order chi connectivity index (χ0) is 15.5. The maximum absolute atomic E-state index is 12.0. The first kappa shape index (κ1) is 16.0. The van der Waals surface area contributed by atoms with Crippen LogP contribution in [0, 0.1) is 6.92 Å². The summed E-state index contributed by atoms with van der Waals surface area (Å²) in [6.07, 6.45) is 0.190. The minimum absolute atomic E-state index is 0.0409. The molecule has 0 aliphatic carbocycles. The molecule has 6 heteroatoms. The average Bonchev–Trinajstić information content (AvgIpc) is 2.37. The first-order valence-electron chi connectivity index (χ1n) is 7.15. The number of benzene rings is 1. The van der Waals surface area contributed by atoms with Crippen molar-refractivity contribution in [2.45, 2.75) is 32.4 Å². The third kappa shape index (κ3) is 4.82. The molecule has 2 rings (SSSR count). The van der Waals surface area contributed by atoms with Gasteiger partial charge < -0.3 is 10.6 Å². The van der Waals surface area contributed by atoms with E-state index in [1.54, 1.807) is 0 Å². The Balaban J connectivity index is 1.89. The van der Waals surface area contributed by atoms with Gasteiger partial charge in [0.1, 0.15) is 0 Å². The average molecular weight is 310 g/mol. The van der Waals surface area contributed by atoms with Crippen molar-refractivity contribution in [3.8, 4) is 0 Å². The molecule has 1 fully saturated rings. The fourth-order valence-electron chi connectivity index (χ4n) is 2.55. The molecule has 0 radical (unpaired) electrons. The van der Waals surface area contributed by atoms with Crippen LogP contribution in [0.25, 0.3) is 0 Å². The summed E-state index contributed by atoms with van der Waals surface area (Å²) >= 11 is 0. The Morgan fingerprint density at radius 3 is 2.90 bits per heavy atom. The van der Waals surface area contributed by atoms with Gasteiger partial charge in [0, 0.05) is 19.0 Å². The molecular formula is C15H22N2O3S. The lowest BCUT2D eigenvalue weighted by Gasteiger charge is -2.24. The fraction of sp³-hybridized carbons (Fsp3) is 0.533. The number of carbonyl (C=O) groups is 1. The van der Waals surface area contributed by atoms with E-state index in [4.69, 9.17) is 0 Å². The van der Waals surface area contributed by atoms with E-state index in [2.05, 4.69) is 10.6 Å². The molecule has 0 spiro atoms. The summed E-state index contributed by atoms with van der Waals surface area (Å²) in [6.45, 7) is 4.36. The van der Waals surface area contributed by atoms with Gasteiger partial charge in [-0.1, -0.05) is 29.8 Å². The Morgan fingerprint density at radius 1 is 1.48 bits per heavy atom. The summed E-state index contributed by atoms with van der Waals surface area (Å²) in [5, 5.41) is 6.01. The monoisotopic (exact) mass is 310 g/mol. The van der Waals surface area contributed by atoms with Gasteiger partial charge in [0.15, 0.2) is 9.84 Å². The van der Waals surface area contributed by atoms with Crippen LogP contribution in [0.3, 0.4) is 0 Å². The number of carbonyl (C=O) groups excluding carboxylic acids is 1. The highest BCUT2D eigenvalue weighted by atomic mass is 32.2. The number of rotatable bonds is 4. The molecule has 116 valence electrons. The third-order valence-corrected chi connectivity index (χ3v) is 5.39. The second kappa shape index (κ2) is 6.58. The quantitative estimate of drug-likeness (QED) is 0.868. The molecule has 1 unspecified atom stereocenters. The minimum Gasteiger partial charge on any atom is -0.350 e. The standard InChI is InChI=1S/C15H22N2O3S/c1-11-4-3-5-13(8-11)12(2)17-15(18)9-14-10-21(19,20)7-6-16-14/h3-5,8,12,14,16H,6-7,9-10H2,1-2H3,(H,17,18)/t12-,14?/m1/s1.